The highest BCUT2D eigenvalue weighted by Gasteiger charge is 2.13. The first kappa shape index (κ1) is 12.4. The average molecular weight is 252 g/mol. The Balaban J connectivity index is 1.84. The Bertz CT molecular complexity index is 341. The van der Waals surface area contributed by atoms with Crippen molar-refractivity contribution in [3.05, 3.63) is 22.4 Å². The van der Waals surface area contributed by atoms with Crippen LogP contribution >= 0.6 is 11.3 Å². The minimum absolute atomic E-state index is 0.529. The summed E-state index contributed by atoms with van der Waals surface area (Å²) in [5, 5.41) is 7.56. The van der Waals surface area contributed by atoms with Crippen LogP contribution in [0.25, 0.3) is 0 Å². The van der Waals surface area contributed by atoms with Gasteiger partial charge in [-0.05, 0) is 35.2 Å². The second-order valence-corrected chi connectivity index (χ2v) is 5.20. The summed E-state index contributed by atoms with van der Waals surface area (Å²) < 4.78 is 0. The number of aliphatic imine (C=N–C) groups is 1. The van der Waals surface area contributed by atoms with Crippen LogP contribution in [0.5, 0.6) is 0 Å². The molecule has 1 fully saturated rings. The minimum Gasteiger partial charge on any atom is -0.353 e. The van der Waals surface area contributed by atoms with Crippen LogP contribution in [0.4, 0.5) is 0 Å². The Morgan fingerprint density at radius 1 is 1.41 bits per heavy atom. The molecule has 0 saturated heterocycles. The highest BCUT2D eigenvalue weighted by Crippen LogP contribution is 2.17. The number of hydrogen-bond donors (Lipinski definition) is 3. The largest absolute Gasteiger partial charge is 0.353 e. The predicted molar refractivity (Wildman–Crippen MR) is 72.8 cm³/mol. The topological polar surface area (TPSA) is 62.4 Å². The summed E-state index contributed by atoms with van der Waals surface area (Å²) in [6, 6.07) is 2.61. The van der Waals surface area contributed by atoms with Gasteiger partial charge in [-0.3, -0.25) is 5.43 Å². The molecule has 0 atom stereocenters. The summed E-state index contributed by atoms with van der Waals surface area (Å²) in [5.41, 5.74) is 3.88. The van der Waals surface area contributed by atoms with Gasteiger partial charge in [0.05, 0.1) is 6.54 Å². The van der Waals surface area contributed by atoms with Crippen molar-refractivity contribution in [2.75, 3.05) is 0 Å². The summed E-state index contributed by atoms with van der Waals surface area (Å²) >= 11 is 1.69. The van der Waals surface area contributed by atoms with Crippen molar-refractivity contribution in [1.29, 1.82) is 0 Å². The van der Waals surface area contributed by atoms with Gasteiger partial charge in [0.2, 0.25) is 5.96 Å². The summed E-state index contributed by atoms with van der Waals surface area (Å²) in [4.78, 5) is 4.45. The molecule has 1 aliphatic carbocycles. The van der Waals surface area contributed by atoms with Crippen molar-refractivity contribution in [1.82, 2.24) is 10.7 Å². The van der Waals surface area contributed by atoms with E-state index in [0.717, 1.165) is 0 Å². The highest BCUT2D eigenvalue weighted by molar-refractivity contribution is 7.07. The summed E-state index contributed by atoms with van der Waals surface area (Å²) in [6.07, 6.45) is 6.41. The molecule has 1 aromatic heterocycles. The van der Waals surface area contributed by atoms with E-state index >= 15 is 0 Å². The van der Waals surface area contributed by atoms with Gasteiger partial charge in [-0.1, -0.05) is 19.3 Å². The monoisotopic (exact) mass is 252 g/mol. The zero-order chi connectivity index (χ0) is 11.9. The number of rotatable bonds is 3. The zero-order valence-electron chi connectivity index (χ0n) is 9.98. The molecule has 0 aromatic carbocycles. The predicted octanol–water partition coefficient (Wildman–Crippen LogP) is 1.99. The molecule has 0 spiro atoms. The molecule has 0 radical (unpaired) electrons. The van der Waals surface area contributed by atoms with Gasteiger partial charge in [-0.2, -0.15) is 11.3 Å². The van der Waals surface area contributed by atoms with Crippen LogP contribution in [0, 0.1) is 0 Å². The van der Waals surface area contributed by atoms with Gasteiger partial charge in [0, 0.05) is 6.04 Å². The maximum Gasteiger partial charge on any atom is 0.206 e. The third kappa shape index (κ3) is 4.02. The van der Waals surface area contributed by atoms with Crippen LogP contribution in [0.15, 0.2) is 21.8 Å². The molecule has 0 aliphatic heterocycles. The molecule has 4 N–H and O–H groups in total. The lowest BCUT2D eigenvalue weighted by atomic mass is 9.96. The lowest BCUT2D eigenvalue weighted by Crippen LogP contribution is -2.47. The van der Waals surface area contributed by atoms with E-state index in [2.05, 4.69) is 32.6 Å². The van der Waals surface area contributed by atoms with Gasteiger partial charge in [-0.15, -0.1) is 0 Å². The lowest BCUT2D eigenvalue weighted by Gasteiger charge is -2.24. The smallest absolute Gasteiger partial charge is 0.206 e. The molecule has 0 amide bonds. The summed E-state index contributed by atoms with van der Waals surface area (Å²) in [6.45, 7) is 0.683. The van der Waals surface area contributed by atoms with Crippen LogP contribution in [-0.4, -0.2) is 12.0 Å². The fraction of sp³-hybridized carbons (Fsp3) is 0.583. The Morgan fingerprint density at radius 3 is 2.88 bits per heavy atom. The van der Waals surface area contributed by atoms with Crippen LogP contribution < -0.4 is 16.6 Å². The molecule has 17 heavy (non-hydrogen) atoms. The van der Waals surface area contributed by atoms with Crippen LogP contribution in [0.3, 0.4) is 0 Å². The Kier molecular flexibility index (Phi) is 4.82. The second-order valence-electron chi connectivity index (χ2n) is 4.42. The number of nitrogens with one attached hydrogen (secondary N) is 2. The number of guanidine groups is 1. The minimum atomic E-state index is 0.529. The van der Waals surface area contributed by atoms with E-state index in [1.165, 1.54) is 37.7 Å². The van der Waals surface area contributed by atoms with Crippen LogP contribution in [0.2, 0.25) is 0 Å². The van der Waals surface area contributed by atoms with Crippen molar-refractivity contribution in [3.63, 3.8) is 0 Å². The quantitative estimate of drug-likeness (QED) is 0.334. The van der Waals surface area contributed by atoms with Crippen molar-refractivity contribution >= 4 is 17.3 Å². The van der Waals surface area contributed by atoms with Crippen LogP contribution in [-0.2, 0) is 6.54 Å². The number of hydrogen-bond acceptors (Lipinski definition) is 3. The molecule has 1 aromatic rings. The van der Waals surface area contributed by atoms with Gasteiger partial charge >= 0.3 is 0 Å². The van der Waals surface area contributed by atoms with E-state index in [4.69, 9.17) is 5.84 Å². The maximum atomic E-state index is 5.49. The fourth-order valence-corrected chi connectivity index (χ4v) is 2.79. The van der Waals surface area contributed by atoms with Gasteiger partial charge in [0.25, 0.3) is 0 Å². The van der Waals surface area contributed by atoms with E-state index < -0.39 is 0 Å². The number of hydrazine groups is 1. The molecule has 4 nitrogen and oxygen atoms in total. The summed E-state index contributed by atoms with van der Waals surface area (Å²) in [7, 11) is 0. The van der Waals surface area contributed by atoms with E-state index in [-0.39, 0.29) is 0 Å². The molecule has 0 bridgehead atoms. The first-order valence-electron chi connectivity index (χ1n) is 6.17. The number of nitrogens with two attached hydrogens (primary N) is 1. The maximum absolute atomic E-state index is 5.49. The molecule has 1 heterocycles. The van der Waals surface area contributed by atoms with Gasteiger partial charge in [0.15, 0.2) is 0 Å². The van der Waals surface area contributed by atoms with E-state index in [1.54, 1.807) is 11.3 Å². The zero-order valence-corrected chi connectivity index (χ0v) is 10.8. The normalized spacial score (nSPS) is 18.1. The first-order chi connectivity index (χ1) is 8.38. The van der Waals surface area contributed by atoms with Crippen LogP contribution in [0.1, 0.15) is 37.7 Å². The summed E-state index contributed by atoms with van der Waals surface area (Å²) in [5.74, 6) is 6.20. The lowest BCUT2D eigenvalue weighted by molar-refractivity contribution is 0.410. The molecular formula is C12H20N4S. The molecule has 1 aliphatic rings. The molecule has 94 valence electrons. The third-order valence-electron chi connectivity index (χ3n) is 3.08. The molecular weight excluding hydrogens is 232 g/mol. The Hall–Kier alpha value is -1.07. The van der Waals surface area contributed by atoms with Crippen molar-refractivity contribution < 1.29 is 0 Å². The Morgan fingerprint density at radius 2 is 2.24 bits per heavy atom. The fourth-order valence-electron chi connectivity index (χ4n) is 2.13. The first-order valence-corrected chi connectivity index (χ1v) is 7.11. The third-order valence-corrected chi connectivity index (χ3v) is 3.81. The molecule has 2 rings (SSSR count). The SMILES string of the molecule is NNC(=NCc1ccsc1)NC1CCCCC1. The van der Waals surface area contributed by atoms with Crippen molar-refractivity contribution in [2.24, 2.45) is 10.8 Å². The van der Waals surface area contributed by atoms with Gasteiger partial charge < -0.3 is 5.32 Å². The van der Waals surface area contributed by atoms with E-state index in [1.807, 2.05) is 0 Å². The highest BCUT2D eigenvalue weighted by atomic mass is 32.1. The van der Waals surface area contributed by atoms with Gasteiger partial charge in [-0.25, -0.2) is 10.8 Å². The molecule has 1 saturated carbocycles. The number of nitrogens with zero attached hydrogens (tertiary/aromatic N) is 1. The molecule has 0 unspecified atom stereocenters. The average Bonchev–Trinajstić information content (AvgIpc) is 2.89. The second kappa shape index (κ2) is 6.61. The van der Waals surface area contributed by atoms with Crippen molar-refractivity contribution in [3.8, 4) is 0 Å². The van der Waals surface area contributed by atoms with E-state index in [0.29, 0.717) is 18.5 Å². The number of thiophene rings is 1. The standard InChI is InChI=1S/C12H20N4S/c13-16-12(14-8-10-6-7-17-9-10)15-11-4-2-1-3-5-11/h6-7,9,11H,1-5,8,13H2,(H2,14,15,16). The van der Waals surface area contributed by atoms with Gasteiger partial charge in [0.1, 0.15) is 0 Å². The van der Waals surface area contributed by atoms with E-state index in [9.17, 15) is 0 Å². The Labute approximate surface area is 106 Å². The van der Waals surface area contributed by atoms with Crippen molar-refractivity contribution in [2.45, 2.75) is 44.7 Å². The molecule has 5 heteroatoms.